The summed E-state index contributed by atoms with van der Waals surface area (Å²) in [6.07, 6.45) is 1.82. The monoisotopic (exact) mass is 562 g/mol. The number of carbonyl (C=O) groups is 1. The number of carbonyl (C=O) groups excluding carboxylic acids is 1. The summed E-state index contributed by atoms with van der Waals surface area (Å²) in [7, 11) is 1.33. The van der Waals surface area contributed by atoms with Crippen molar-refractivity contribution in [3.63, 3.8) is 0 Å². The predicted molar refractivity (Wildman–Crippen MR) is 150 cm³/mol. The van der Waals surface area contributed by atoms with Crippen molar-refractivity contribution in [2.45, 2.75) is 46.4 Å². The Morgan fingerprint density at radius 2 is 1.51 bits per heavy atom. The number of halogens is 4. The van der Waals surface area contributed by atoms with Gasteiger partial charge in [0.05, 0.1) is 12.7 Å². The van der Waals surface area contributed by atoms with E-state index in [1.54, 1.807) is 19.9 Å². The van der Waals surface area contributed by atoms with Gasteiger partial charge in [0.2, 0.25) is 0 Å². The first kappa shape index (κ1) is 28.4. The van der Waals surface area contributed by atoms with Gasteiger partial charge in [-0.3, -0.25) is 4.79 Å². The zero-order valence-electron chi connectivity index (χ0n) is 23.5. The fraction of sp³-hybridized carbons (Fsp3) is 0.265. The molecule has 0 heterocycles. The van der Waals surface area contributed by atoms with Crippen molar-refractivity contribution in [3.8, 4) is 22.6 Å². The molecule has 2 atom stereocenters. The Kier molecular flexibility index (Phi) is 7.41. The summed E-state index contributed by atoms with van der Waals surface area (Å²) in [6.45, 7) is 6.51. The average Bonchev–Trinajstić information content (AvgIpc) is 3.26. The first-order chi connectivity index (χ1) is 19.4. The molecule has 212 valence electrons. The Labute approximate surface area is 236 Å². The quantitative estimate of drug-likeness (QED) is 0.167. The normalized spacial score (nSPS) is 15.8. The molecule has 3 nitrogen and oxygen atoms in total. The second-order valence-corrected chi connectivity index (χ2v) is 10.9. The lowest BCUT2D eigenvalue weighted by atomic mass is 9.93. The number of fused-ring (bicyclic) bond motifs is 1. The molecule has 1 aliphatic carbocycles. The second kappa shape index (κ2) is 10.7. The summed E-state index contributed by atoms with van der Waals surface area (Å²) in [5.74, 6) is -4.84. The topological polar surface area (TPSA) is 35.5 Å². The summed E-state index contributed by atoms with van der Waals surface area (Å²) in [5, 5.41) is 0. The summed E-state index contributed by atoms with van der Waals surface area (Å²) in [4.78, 5) is 13.1. The SMILES string of the molecule is COc1c(C)cc(OC(C)(F)c2ccc(-c3c(F)cc(C(=O)c4ccc5c(c4)CC(C)C5)cc3F)cc2C)cc1F. The van der Waals surface area contributed by atoms with Gasteiger partial charge >= 0.3 is 0 Å². The Morgan fingerprint density at radius 1 is 0.829 bits per heavy atom. The van der Waals surface area contributed by atoms with Gasteiger partial charge in [-0.05, 0) is 84.7 Å². The molecule has 2 unspecified atom stereocenters. The largest absolute Gasteiger partial charge is 0.493 e. The number of methoxy groups -OCH3 is 1. The van der Waals surface area contributed by atoms with E-state index in [2.05, 4.69) is 6.92 Å². The van der Waals surface area contributed by atoms with Gasteiger partial charge in [0.1, 0.15) is 17.4 Å². The predicted octanol–water partition coefficient (Wildman–Crippen LogP) is 8.58. The van der Waals surface area contributed by atoms with Gasteiger partial charge < -0.3 is 9.47 Å². The molecule has 4 aromatic carbocycles. The minimum Gasteiger partial charge on any atom is -0.493 e. The lowest BCUT2D eigenvalue weighted by Crippen LogP contribution is -2.25. The van der Waals surface area contributed by atoms with Gasteiger partial charge in [0.15, 0.2) is 17.3 Å². The van der Waals surface area contributed by atoms with Crippen molar-refractivity contribution >= 4 is 5.78 Å². The van der Waals surface area contributed by atoms with E-state index in [9.17, 15) is 9.18 Å². The Balaban J connectivity index is 1.41. The first-order valence-electron chi connectivity index (χ1n) is 13.4. The van der Waals surface area contributed by atoms with E-state index in [0.29, 0.717) is 22.6 Å². The molecule has 41 heavy (non-hydrogen) atoms. The van der Waals surface area contributed by atoms with Crippen LogP contribution < -0.4 is 9.47 Å². The van der Waals surface area contributed by atoms with Crippen LogP contribution in [0.2, 0.25) is 0 Å². The zero-order valence-corrected chi connectivity index (χ0v) is 23.5. The number of alkyl halides is 1. The molecule has 0 spiro atoms. The van der Waals surface area contributed by atoms with Crippen LogP contribution in [0.5, 0.6) is 11.5 Å². The van der Waals surface area contributed by atoms with Gasteiger partial charge in [-0.15, -0.1) is 0 Å². The number of rotatable bonds is 7. The van der Waals surface area contributed by atoms with E-state index in [-0.39, 0.29) is 33.8 Å². The lowest BCUT2D eigenvalue weighted by molar-refractivity contribution is -0.0512. The molecule has 0 saturated heterocycles. The number of ether oxygens (including phenoxy) is 2. The van der Waals surface area contributed by atoms with E-state index in [1.165, 1.54) is 43.9 Å². The van der Waals surface area contributed by atoms with Crippen molar-refractivity contribution in [2.75, 3.05) is 7.11 Å². The minimum atomic E-state index is -2.38. The average molecular weight is 563 g/mol. The summed E-state index contributed by atoms with van der Waals surface area (Å²) in [6, 6.07) is 14.2. The van der Waals surface area contributed by atoms with Gasteiger partial charge in [-0.1, -0.05) is 37.3 Å². The molecule has 0 N–H and O–H groups in total. The van der Waals surface area contributed by atoms with Crippen LogP contribution in [0, 0.1) is 37.2 Å². The highest BCUT2D eigenvalue weighted by molar-refractivity contribution is 6.09. The second-order valence-electron chi connectivity index (χ2n) is 10.9. The van der Waals surface area contributed by atoms with Crippen LogP contribution >= 0.6 is 0 Å². The molecule has 0 aliphatic heterocycles. The third-order valence-electron chi connectivity index (χ3n) is 7.62. The van der Waals surface area contributed by atoms with Crippen molar-refractivity contribution in [3.05, 3.63) is 117 Å². The third-order valence-corrected chi connectivity index (χ3v) is 7.62. The van der Waals surface area contributed by atoms with Crippen molar-refractivity contribution in [1.29, 1.82) is 0 Å². The van der Waals surface area contributed by atoms with E-state index >= 15 is 13.2 Å². The molecule has 0 saturated carbocycles. The van der Waals surface area contributed by atoms with E-state index in [4.69, 9.17) is 9.47 Å². The molecular weight excluding hydrogens is 532 g/mol. The standard InChI is InChI=1S/C34H30F4O3/c1-18-10-21-6-7-23(14-24(21)11-18)32(39)25-15-28(35)31(29(36)16-25)22-8-9-27(19(2)12-22)34(4,38)41-26-13-20(3)33(40-5)30(37)17-26/h6-9,12-18H,10-11H2,1-5H3. The molecule has 1 aliphatic rings. The van der Waals surface area contributed by atoms with Crippen LogP contribution in [0.25, 0.3) is 11.1 Å². The zero-order chi connectivity index (χ0) is 29.6. The fourth-order valence-corrected chi connectivity index (χ4v) is 5.74. The maximum Gasteiger partial charge on any atom is 0.271 e. The number of hydrogen-bond donors (Lipinski definition) is 0. The van der Waals surface area contributed by atoms with Crippen LogP contribution in [0.15, 0.2) is 60.7 Å². The van der Waals surface area contributed by atoms with Crippen LogP contribution in [0.4, 0.5) is 17.6 Å². The van der Waals surface area contributed by atoms with Gasteiger partial charge in [-0.25, -0.2) is 13.2 Å². The summed E-state index contributed by atoms with van der Waals surface area (Å²) >= 11 is 0. The van der Waals surface area contributed by atoms with Gasteiger partial charge in [0, 0.05) is 29.7 Å². The number of aryl methyl sites for hydroxylation is 2. The van der Waals surface area contributed by atoms with E-state index in [0.717, 1.165) is 36.6 Å². The molecule has 5 rings (SSSR count). The highest BCUT2D eigenvalue weighted by atomic mass is 19.2. The highest BCUT2D eigenvalue weighted by Gasteiger charge is 2.31. The summed E-state index contributed by atoms with van der Waals surface area (Å²) < 4.78 is 71.1. The molecule has 7 heteroatoms. The number of ketones is 1. The molecule has 4 aromatic rings. The first-order valence-corrected chi connectivity index (χ1v) is 13.4. The fourth-order valence-electron chi connectivity index (χ4n) is 5.74. The van der Waals surface area contributed by atoms with Gasteiger partial charge in [0.25, 0.3) is 5.85 Å². The molecule has 0 radical (unpaired) electrons. The van der Waals surface area contributed by atoms with Crippen LogP contribution in [0.1, 0.15) is 57.6 Å². The highest BCUT2D eigenvalue weighted by Crippen LogP contribution is 2.37. The number of benzene rings is 4. The molecule has 0 fully saturated rings. The molecule has 0 aromatic heterocycles. The van der Waals surface area contributed by atoms with Crippen molar-refractivity contribution in [2.24, 2.45) is 5.92 Å². The molecule has 0 bridgehead atoms. The minimum absolute atomic E-state index is 0.0375. The summed E-state index contributed by atoms with van der Waals surface area (Å²) in [5.41, 5.74) is 3.34. The van der Waals surface area contributed by atoms with Crippen LogP contribution in [-0.4, -0.2) is 12.9 Å². The molecular formula is C34H30F4O3. The van der Waals surface area contributed by atoms with Crippen LogP contribution in [-0.2, 0) is 18.7 Å². The third kappa shape index (κ3) is 5.45. The Hall–Kier alpha value is -4.13. The number of hydrogen-bond acceptors (Lipinski definition) is 3. The maximum absolute atomic E-state index is 15.8. The van der Waals surface area contributed by atoms with E-state index < -0.39 is 29.1 Å². The van der Waals surface area contributed by atoms with Crippen molar-refractivity contribution < 1.29 is 31.8 Å². The van der Waals surface area contributed by atoms with Crippen molar-refractivity contribution in [1.82, 2.24) is 0 Å². The molecule has 0 amide bonds. The maximum atomic E-state index is 15.8. The van der Waals surface area contributed by atoms with E-state index in [1.807, 2.05) is 12.1 Å². The lowest BCUT2D eigenvalue weighted by Gasteiger charge is -2.25. The van der Waals surface area contributed by atoms with Crippen LogP contribution in [0.3, 0.4) is 0 Å². The smallest absolute Gasteiger partial charge is 0.271 e. The Morgan fingerprint density at radius 3 is 2.15 bits per heavy atom. The Bertz CT molecular complexity index is 1630. The van der Waals surface area contributed by atoms with Gasteiger partial charge in [-0.2, -0.15) is 4.39 Å².